The molecule has 0 radical (unpaired) electrons. The van der Waals surface area contributed by atoms with Crippen LogP contribution in [-0.2, 0) is 14.3 Å². The first-order valence-electron chi connectivity index (χ1n) is 9.01. The highest BCUT2D eigenvalue weighted by Crippen LogP contribution is 2.14. The number of esters is 1. The molecule has 0 saturated carbocycles. The Hall–Kier alpha value is -1.06. The van der Waals surface area contributed by atoms with Gasteiger partial charge < -0.3 is 9.84 Å². The van der Waals surface area contributed by atoms with E-state index in [9.17, 15) is 9.59 Å². The van der Waals surface area contributed by atoms with E-state index < -0.39 is 12.1 Å². The Balaban J connectivity index is 3.70. The van der Waals surface area contributed by atoms with Crippen LogP contribution in [0.2, 0.25) is 0 Å². The zero-order chi connectivity index (χ0) is 16.6. The van der Waals surface area contributed by atoms with Crippen molar-refractivity contribution in [3.63, 3.8) is 0 Å². The minimum absolute atomic E-state index is 0.0769. The standard InChI is InChI=1S/C18H34O4/c1-3-5-6-7-8-9-10-11-12-14-16(15-17(19)20)22-18(21)13-4-2/h16H,3-15H2,1-2H3,(H,19,20)/t16-/m1/s1. The molecule has 0 fully saturated rings. The molecular formula is C18H34O4. The number of carbonyl (C=O) groups is 2. The number of hydrogen-bond donors (Lipinski definition) is 1. The smallest absolute Gasteiger partial charge is 0.307 e. The van der Waals surface area contributed by atoms with E-state index in [1.807, 2.05) is 6.92 Å². The van der Waals surface area contributed by atoms with E-state index in [1.54, 1.807) is 0 Å². The van der Waals surface area contributed by atoms with E-state index in [-0.39, 0.29) is 12.4 Å². The van der Waals surface area contributed by atoms with Crippen molar-refractivity contribution in [2.75, 3.05) is 0 Å². The van der Waals surface area contributed by atoms with Crippen molar-refractivity contribution in [1.82, 2.24) is 0 Å². The van der Waals surface area contributed by atoms with Gasteiger partial charge in [0.2, 0.25) is 0 Å². The third-order valence-corrected chi connectivity index (χ3v) is 3.78. The largest absolute Gasteiger partial charge is 0.481 e. The second kappa shape index (κ2) is 14.9. The van der Waals surface area contributed by atoms with Crippen LogP contribution in [0.4, 0.5) is 0 Å². The van der Waals surface area contributed by atoms with Crippen molar-refractivity contribution < 1.29 is 19.4 Å². The van der Waals surface area contributed by atoms with Gasteiger partial charge in [-0.15, -0.1) is 0 Å². The van der Waals surface area contributed by atoms with Gasteiger partial charge in [-0.05, 0) is 19.3 Å². The van der Waals surface area contributed by atoms with Crippen molar-refractivity contribution in [2.24, 2.45) is 0 Å². The summed E-state index contributed by atoms with van der Waals surface area (Å²) in [6.45, 7) is 4.13. The number of carbonyl (C=O) groups excluding carboxylic acids is 1. The first-order chi connectivity index (χ1) is 10.6. The van der Waals surface area contributed by atoms with E-state index in [2.05, 4.69) is 6.92 Å². The van der Waals surface area contributed by atoms with Gasteiger partial charge in [0.25, 0.3) is 0 Å². The lowest BCUT2D eigenvalue weighted by Crippen LogP contribution is -2.21. The summed E-state index contributed by atoms with van der Waals surface area (Å²) in [6.07, 6.45) is 12.3. The topological polar surface area (TPSA) is 63.6 Å². The molecular weight excluding hydrogens is 280 g/mol. The fourth-order valence-corrected chi connectivity index (χ4v) is 2.53. The third kappa shape index (κ3) is 13.9. The van der Waals surface area contributed by atoms with Crippen LogP contribution >= 0.6 is 0 Å². The summed E-state index contributed by atoms with van der Waals surface area (Å²) in [5.41, 5.74) is 0. The number of aliphatic carboxylic acids is 1. The number of hydrogen-bond acceptors (Lipinski definition) is 3. The van der Waals surface area contributed by atoms with Crippen LogP contribution in [0.25, 0.3) is 0 Å². The minimum atomic E-state index is -0.898. The molecule has 1 N–H and O–H groups in total. The monoisotopic (exact) mass is 314 g/mol. The Morgan fingerprint density at radius 1 is 0.864 bits per heavy atom. The molecule has 0 aromatic heterocycles. The molecule has 0 bridgehead atoms. The Kier molecular flexibility index (Phi) is 14.1. The minimum Gasteiger partial charge on any atom is -0.481 e. The fraction of sp³-hybridized carbons (Fsp3) is 0.889. The quantitative estimate of drug-likeness (QED) is 0.337. The second-order valence-electron chi connectivity index (χ2n) is 6.08. The predicted molar refractivity (Wildman–Crippen MR) is 88.9 cm³/mol. The van der Waals surface area contributed by atoms with E-state index in [4.69, 9.17) is 9.84 Å². The highest BCUT2D eigenvalue weighted by atomic mass is 16.5. The van der Waals surface area contributed by atoms with Gasteiger partial charge in [0.15, 0.2) is 0 Å². The van der Waals surface area contributed by atoms with Gasteiger partial charge in [0, 0.05) is 6.42 Å². The van der Waals surface area contributed by atoms with E-state index >= 15 is 0 Å². The van der Waals surface area contributed by atoms with E-state index in [0.29, 0.717) is 12.8 Å². The maximum absolute atomic E-state index is 11.5. The zero-order valence-corrected chi connectivity index (χ0v) is 14.4. The lowest BCUT2D eigenvalue weighted by molar-refractivity contribution is -0.153. The number of rotatable bonds is 15. The van der Waals surface area contributed by atoms with Crippen LogP contribution in [0.15, 0.2) is 0 Å². The van der Waals surface area contributed by atoms with Gasteiger partial charge in [-0.1, -0.05) is 65.2 Å². The molecule has 4 heteroatoms. The Morgan fingerprint density at radius 3 is 1.91 bits per heavy atom. The molecule has 0 saturated heterocycles. The molecule has 0 rings (SSSR count). The summed E-state index contributed by atoms with van der Waals surface area (Å²) >= 11 is 0. The summed E-state index contributed by atoms with van der Waals surface area (Å²) in [5.74, 6) is -1.17. The molecule has 0 spiro atoms. The number of carboxylic acids is 1. The Labute approximate surface area is 135 Å². The summed E-state index contributed by atoms with van der Waals surface area (Å²) in [7, 11) is 0. The SMILES string of the molecule is CCCCCCCCCCC[C@H](CC(=O)O)OC(=O)CCC. The fourth-order valence-electron chi connectivity index (χ4n) is 2.53. The molecule has 0 aromatic rings. The Bertz CT molecular complexity index is 289. The Morgan fingerprint density at radius 2 is 1.41 bits per heavy atom. The molecule has 0 aliphatic rings. The number of unbranched alkanes of at least 4 members (excludes halogenated alkanes) is 8. The molecule has 0 aromatic carbocycles. The van der Waals surface area contributed by atoms with Crippen LogP contribution in [0.1, 0.15) is 97.3 Å². The predicted octanol–water partition coefficient (Wildman–Crippen LogP) is 5.09. The van der Waals surface area contributed by atoms with Crippen LogP contribution in [0.3, 0.4) is 0 Å². The van der Waals surface area contributed by atoms with E-state index in [1.165, 1.54) is 44.9 Å². The maximum atomic E-state index is 11.5. The van der Waals surface area contributed by atoms with Gasteiger partial charge in [-0.25, -0.2) is 0 Å². The van der Waals surface area contributed by atoms with Crippen LogP contribution in [-0.4, -0.2) is 23.1 Å². The molecule has 4 nitrogen and oxygen atoms in total. The van der Waals surface area contributed by atoms with Crippen molar-refractivity contribution >= 4 is 11.9 Å². The van der Waals surface area contributed by atoms with Crippen molar-refractivity contribution in [3.05, 3.63) is 0 Å². The second-order valence-corrected chi connectivity index (χ2v) is 6.08. The molecule has 0 heterocycles. The summed E-state index contributed by atoms with van der Waals surface area (Å²) in [5, 5.41) is 8.88. The average Bonchev–Trinajstić information content (AvgIpc) is 2.45. The average molecular weight is 314 g/mol. The molecule has 130 valence electrons. The molecule has 1 atom stereocenters. The summed E-state index contributed by atoms with van der Waals surface area (Å²) in [6, 6.07) is 0. The molecule has 0 amide bonds. The highest BCUT2D eigenvalue weighted by Gasteiger charge is 2.17. The van der Waals surface area contributed by atoms with E-state index in [0.717, 1.165) is 19.3 Å². The first kappa shape index (κ1) is 20.9. The lowest BCUT2D eigenvalue weighted by atomic mass is 10.0. The van der Waals surface area contributed by atoms with Gasteiger partial charge in [-0.2, -0.15) is 0 Å². The van der Waals surface area contributed by atoms with Crippen molar-refractivity contribution in [3.8, 4) is 0 Å². The summed E-state index contributed by atoms with van der Waals surface area (Å²) in [4.78, 5) is 22.3. The maximum Gasteiger partial charge on any atom is 0.307 e. The zero-order valence-electron chi connectivity index (χ0n) is 14.4. The first-order valence-corrected chi connectivity index (χ1v) is 9.01. The van der Waals surface area contributed by atoms with Crippen molar-refractivity contribution in [2.45, 2.75) is 103 Å². The molecule has 0 unspecified atom stereocenters. The van der Waals surface area contributed by atoms with Gasteiger partial charge in [-0.3, -0.25) is 9.59 Å². The number of carboxylic acid groups (broad SMARTS) is 1. The normalized spacial score (nSPS) is 12.1. The van der Waals surface area contributed by atoms with Gasteiger partial charge in [0.1, 0.15) is 6.10 Å². The molecule has 22 heavy (non-hydrogen) atoms. The van der Waals surface area contributed by atoms with Crippen LogP contribution < -0.4 is 0 Å². The van der Waals surface area contributed by atoms with Crippen LogP contribution in [0, 0.1) is 0 Å². The lowest BCUT2D eigenvalue weighted by Gasteiger charge is -2.16. The van der Waals surface area contributed by atoms with Gasteiger partial charge in [0.05, 0.1) is 6.42 Å². The molecule has 0 aliphatic heterocycles. The van der Waals surface area contributed by atoms with Crippen LogP contribution in [0.5, 0.6) is 0 Å². The number of ether oxygens (including phenoxy) is 1. The third-order valence-electron chi connectivity index (χ3n) is 3.78. The highest BCUT2D eigenvalue weighted by molar-refractivity contribution is 5.71. The van der Waals surface area contributed by atoms with Crippen molar-refractivity contribution in [1.29, 1.82) is 0 Å². The van der Waals surface area contributed by atoms with Gasteiger partial charge >= 0.3 is 11.9 Å². The molecule has 0 aliphatic carbocycles. The summed E-state index contributed by atoms with van der Waals surface area (Å²) < 4.78 is 5.25.